The second-order valence-electron chi connectivity index (χ2n) is 7.41. The molecule has 0 unspecified atom stereocenters. The quantitative estimate of drug-likeness (QED) is 0.794. The summed E-state index contributed by atoms with van der Waals surface area (Å²) in [5.41, 5.74) is 0.836. The molecule has 3 aliphatic rings. The molecule has 0 spiro atoms. The van der Waals surface area contributed by atoms with Crippen LogP contribution in [0, 0.1) is 5.92 Å². The van der Waals surface area contributed by atoms with Gasteiger partial charge in [0, 0.05) is 45.2 Å². The highest BCUT2D eigenvalue weighted by atomic mass is 16.2. The van der Waals surface area contributed by atoms with E-state index in [1.165, 1.54) is 0 Å². The maximum Gasteiger partial charge on any atom is 0.228 e. The molecule has 0 radical (unpaired) electrons. The van der Waals surface area contributed by atoms with Gasteiger partial charge in [0.25, 0.3) is 0 Å². The molecule has 138 valence electrons. The second kappa shape index (κ2) is 7.05. The Labute approximate surface area is 153 Å². The van der Waals surface area contributed by atoms with E-state index >= 15 is 0 Å². The van der Waals surface area contributed by atoms with Gasteiger partial charge >= 0.3 is 0 Å². The lowest BCUT2D eigenvalue weighted by Crippen LogP contribution is -2.41. The number of rotatable bonds is 4. The molecule has 7 nitrogen and oxygen atoms in total. The molecular formula is C19H24N4O3. The van der Waals surface area contributed by atoms with Crippen LogP contribution in [0.3, 0.4) is 0 Å². The highest BCUT2D eigenvalue weighted by Crippen LogP contribution is 2.26. The molecule has 1 aromatic rings. The fourth-order valence-corrected chi connectivity index (χ4v) is 4.29. The highest BCUT2D eigenvalue weighted by molar-refractivity contribution is 5.89. The lowest BCUT2D eigenvalue weighted by Gasteiger charge is -2.25. The van der Waals surface area contributed by atoms with E-state index in [1.54, 1.807) is 11.1 Å². The standard InChI is InChI=1S/C19H24N4O3/c24-17-5-3-8-23(17)16-6-9-21(13-16)19(26)14-10-18(25)22(11-14)12-15-4-1-2-7-20-15/h1-2,4,7,14,16H,3,5-6,8-13H2/t14-,16+/m0/s1. The van der Waals surface area contributed by atoms with Crippen molar-refractivity contribution in [1.82, 2.24) is 19.7 Å². The van der Waals surface area contributed by atoms with Gasteiger partial charge in [-0.15, -0.1) is 0 Å². The van der Waals surface area contributed by atoms with E-state index in [0.29, 0.717) is 32.6 Å². The third-order valence-electron chi connectivity index (χ3n) is 5.67. The normalized spacial score (nSPS) is 26.2. The lowest BCUT2D eigenvalue weighted by atomic mass is 10.1. The van der Waals surface area contributed by atoms with Crippen molar-refractivity contribution >= 4 is 17.7 Å². The zero-order valence-corrected chi connectivity index (χ0v) is 14.8. The molecule has 1 aromatic heterocycles. The molecule has 0 bridgehead atoms. The minimum Gasteiger partial charge on any atom is -0.340 e. The zero-order chi connectivity index (χ0) is 18.1. The van der Waals surface area contributed by atoms with Crippen molar-refractivity contribution < 1.29 is 14.4 Å². The number of pyridine rings is 1. The summed E-state index contributed by atoms with van der Waals surface area (Å²) in [6.07, 6.45) is 4.38. The van der Waals surface area contributed by atoms with Crippen molar-refractivity contribution in [1.29, 1.82) is 0 Å². The van der Waals surface area contributed by atoms with E-state index in [1.807, 2.05) is 28.0 Å². The monoisotopic (exact) mass is 356 g/mol. The molecule has 0 aliphatic carbocycles. The van der Waals surface area contributed by atoms with Crippen LogP contribution in [0.15, 0.2) is 24.4 Å². The highest BCUT2D eigenvalue weighted by Gasteiger charge is 2.40. The van der Waals surface area contributed by atoms with Gasteiger partial charge in [-0.3, -0.25) is 19.4 Å². The van der Waals surface area contributed by atoms with E-state index in [2.05, 4.69) is 4.98 Å². The van der Waals surface area contributed by atoms with Crippen LogP contribution in [-0.4, -0.2) is 69.6 Å². The van der Waals surface area contributed by atoms with Gasteiger partial charge in [0.15, 0.2) is 0 Å². The van der Waals surface area contributed by atoms with E-state index < -0.39 is 0 Å². The van der Waals surface area contributed by atoms with Crippen molar-refractivity contribution in [3.63, 3.8) is 0 Å². The summed E-state index contributed by atoms with van der Waals surface area (Å²) >= 11 is 0. The predicted molar refractivity (Wildman–Crippen MR) is 93.7 cm³/mol. The van der Waals surface area contributed by atoms with Gasteiger partial charge in [0.05, 0.1) is 24.2 Å². The van der Waals surface area contributed by atoms with Crippen LogP contribution >= 0.6 is 0 Å². The Bertz CT molecular complexity index is 708. The number of amides is 3. The zero-order valence-electron chi connectivity index (χ0n) is 14.8. The minimum absolute atomic E-state index is 0.0134. The Hall–Kier alpha value is -2.44. The molecule has 4 heterocycles. The SMILES string of the molecule is O=C1C[C@H](C(=O)N2CC[C@@H](N3CCCC3=O)C2)CN1Cc1ccccn1. The molecule has 3 saturated heterocycles. The minimum atomic E-state index is -0.278. The molecular weight excluding hydrogens is 332 g/mol. The Morgan fingerprint density at radius 3 is 2.77 bits per heavy atom. The molecule has 3 aliphatic heterocycles. The molecule has 0 saturated carbocycles. The Balaban J connectivity index is 1.34. The summed E-state index contributed by atoms with van der Waals surface area (Å²) in [5, 5.41) is 0. The molecule has 0 aromatic carbocycles. The number of likely N-dealkylation sites (tertiary alicyclic amines) is 3. The number of carbonyl (C=O) groups is 3. The maximum absolute atomic E-state index is 12.9. The van der Waals surface area contributed by atoms with Crippen LogP contribution in [0.5, 0.6) is 0 Å². The summed E-state index contributed by atoms with van der Waals surface area (Å²) in [5.74, 6) is -0.00314. The summed E-state index contributed by atoms with van der Waals surface area (Å²) in [7, 11) is 0. The number of aromatic nitrogens is 1. The molecule has 2 atom stereocenters. The summed E-state index contributed by atoms with van der Waals surface area (Å²) in [6.45, 7) is 3.01. The van der Waals surface area contributed by atoms with Gasteiger partial charge in [-0.2, -0.15) is 0 Å². The van der Waals surface area contributed by atoms with Crippen molar-refractivity contribution in [3.05, 3.63) is 30.1 Å². The van der Waals surface area contributed by atoms with Crippen LogP contribution in [-0.2, 0) is 20.9 Å². The van der Waals surface area contributed by atoms with Gasteiger partial charge in [-0.05, 0) is 25.0 Å². The third-order valence-corrected chi connectivity index (χ3v) is 5.67. The Kier molecular flexibility index (Phi) is 4.61. The fraction of sp³-hybridized carbons (Fsp3) is 0.579. The van der Waals surface area contributed by atoms with Gasteiger partial charge < -0.3 is 14.7 Å². The van der Waals surface area contributed by atoms with E-state index in [0.717, 1.165) is 25.1 Å². The van der Waals surface area contributed by atoms with Crippen LogP contribution in [0.1, 0.15) is 31.4 Å². The number of hydrogen-bond donors (Lipinski definition) is 0. The van der Waals surface area contributed by atoms with Crippen LogP contribution in [0.2, 0.25) is 0 Å². The van der Waals surface area contributed by atoms with E-state index in [4.69, 9.17) is 0 Å². The van der Waals surface area contributed by atoms with Crippen molar-refractivity contribution in [3.8, 4) is 0 Å². The van der Waals surface area contributed by atoms with Crippen LogP contribution < -0.4 is 0 Å². The molecule has 0 N–H and O–H groups in total. The third kappa shape index (κ3) is 3.30. The van der Waals surface area contributed by atoms with Gasteiger partial charge in [0.2, 0.25) is 17.7 Å². The first-order valence-electron chi connectivity index (χ1n) is 9.38. The first-order chi connectivity index (χ1) is 12.6. The smallest absolute Gasteiger partial charge is 0.228 e. The largest absolute Gasteiger partial charge is 0.340 e. The first kappa shape index (κ1) is 17.0. The average molecular weight is 356 g/mol. The van der Waals surface area contributed by atoms with Crippen LogP contribution in [0.25, 0.3) is 0 Å². The molecule has 3 amide bonds. The Morgan fingerprint density at radius 1 is 1.15 bits per heavy atom. The van der Waals surface area contributed by atoms with E-state index in [-0.39, 0.29) is 36.1 Å². The maximum atomic E-state index is 12.9. The predicted octanol–water partition coefficient (Wildman–Crippen LogP) is 0.653. The molecule has 4 rings (SSSR count). The Morgan fingerprint density at radius 2 is 2.04 bits per heavy atom. The van der Waals surface area contributed by atoms with E-state index in [9.17, 15) is 14.4 Å². The van der Waals surface area contributed by atoms with Crippen LogP contribution in [0.4, 0.5) is 0 Å². The van der Waals surface area contributed by atoms with Gasteiger partial charge in [0.1, 0.15) is 0 Å². The number of nitrogens with zero attached hydrogens (tertiary/aromatic N) is 4. The topological polar surface area (TPSA) is 73.8 Å². The number of carbonyl (C=O) groups excluding carboxylic acids is 3. The average Bonchev–Trinajstić information content (AvgIpc) is 3.36. The number of hydrogen-bond acceptors (Lipinski definition) is 4. The first-order valence-corrected chi connectivity index (χ1v) is 9.38. The summed E-state index contributed by atoms with van der Waals surface area (Å²) < 4.78 is 0. The van der Waals surface area contributed by atoms with Gasteiger partial charge in [-0.25, -0.2) is 0 Å². The second-order valence-corrected chi connectivity index (χ2v) is 7.41. The van der Waals surface area contributed by atoms with Crippen molar-refractivity contribution in [2.24, 2.45) is 5.92 Å². The molecule has 7 heteroatoms. The van der Waals surface area contributed by atoms with Crippen molar-refractivity contribution in [2.45, 2.75) is 38.3 Å². The van der Waals surface area contributed by atoms with Crippen molar-refractivity contribution in [2.75, 3.05) is 26.2 Å². The fourth-order valence-electron chi connectivity index (χ4n) is 4.29. The molecule has 3 fully saturated rings. The lowest BCUT2D eigenvalue weighted by molar-refractivity contribution is -0.136. The van der Waals surface area contributed by atoms with Gasteiger partial charge in [-0.1, -0.05) is 6.07 Å². The molecule has 26 heavy (non-hydrogen) atoms. The summed E-state index contributed by atoms with van der Waals surface area (Å²) in [4.78, 5) is 46.8. The summed E-state index contributed by atoms with van der Waals surface area (Å²) in [6, 6.07) is 5.78.